The molecule has 0 aromatic heterocycles. The van der Waals surface area contributed by atoms with Crippen LogP contribution in [0, 0.1) is 0 Å². The summed E-state index contributed by atoms with van der Waals surface area (Å²) >= 11 is 9.11. The molecule has 1 aromatic carbocycles. The Kier molecular flexibility index (Phi) is 6.76. The zero-order valence-corrected chi connectivity index (χ0v) is 13.9. The predicted octanol–water partition coefficient (Wildman–Crippen LogP) is 2.90. The second kappa shape index (κ2) is 7.59. The third kappa shape index (κ3) is 4.72. The summed E-state index contributed by atoms with van der Waals surface area (Å²) in [6.07, 6.45) is 2.66. The maximum absolute atomic E-state index is 12.3. The molecular formula is C12H18BrClN2O2S. The van der Waals surface area contributed by atoms with Crippen LogP contribution in [0.15, 0.2) is 27.6 Å². The Morgan fingerprint density at radius 1 is 1.47 bits per heavy atom. The number of hydrogen-bond donors (Lipinski definition) is 2. The molecule has 7 heteroatoms. The fourth-order valence-corrected chi connectivity index (χ4v) is 4.17. The lowest BCUT2D eigenvalue weighted by Gasteiger charge is -2.17. The number of hydrogen-bond acceptors (Lipinski definition) is 3. The molecule has 0 saturated heterocycles. The smallest absolute Gasteiger partial charge is 0.242 e. The van der Waals surface area contributed by atoms with E-state index in [9.17, 15) is 8.42 Å². The Labute approximate surface area is 127 Å². The van der Waals surface area contributed by atoms with Gasteiger partial charge < -0.3 is 5.73 Å². The molecule has 0 saturated carbocycles. The van der Waals surface area contributed by atoms with Crippen molar-refractivity contribution in [3.63, 3.8) is 0 Å². The predicted molar refractivity (Wildman–Crippen MR) is 81.8 cm³/mol. The third-order valence-corrected chi connectivity index (χ3v) is 5.94. The maximum atomic E-state index is 12.3. The molecule has 1 atom stereocenters. The van der Waals surface area contributed by atoms with Crippen molar-refractivity contribution in [2.45, 2.75) is 37.1 Å². The highest BCUT2D eigenvalue weighted by atomic mass is 79.9. The Hall–Kier alpha value is -0.140. The molecule has 1 aromatic rings. The first-order valence-corrected chi connectivity index (χ1v) is 8.74. The molecule has 108 valence electrons. The van der Waals surface area contributed by atoms with Gasteiger partial charge in [-0.25, -0.2) is 13.1 Å². The normalized spacial score (nSPS) is 13.5. The van der Waals surface area contributed by atoms with Crippen molar-refractivity contribution in [2.24, 2.45) is 5.73 Å². The van der Waals surface area contributed by atoms with Gasteiger partial charge in [0.05, 0.1) is 14.4 Å². The Morgan fingerprint density at radius 2 is 2.16 bits per heavy atom. The van der Waals surface area contributed by atoms with Crippen LogP contribution in [0.2, 0.25) is 5.02 Å². The molecule has 0 spiro atoms. The number of sulfonamides is 1. The minimum absolute atomic E-state index is 0.134. The van der Waals surface area contributed by atoms with E-state index in [-0.39, 0.29) is 17.5 Å². The molecule has 0 fully saturated rings. The third-order valence-electron chi connectivity index (χ3n) is 2.72. The maximum Gasteiger partial charge on any atom is 0.242 e. The number of nitrogens with two attached hydrogens (primary N) is 1. The molecule has 4 nitrogen and oxygen atoms in total. The molecule has 0 heterocycles. The second-order valence-corrected chi connectivity index (χ2v) is 7.13. The second-order valence-electron chi connectivity index (χ2n) is 4.25. The molecule has 3 N–H and O–H groups in total. The number of nitrogens with one attached hydrogen (secondary N) is 1. The van der Waals surface area contributed by atoms with Crippen molar-refractivity contribution >= 4 is 37.6 Å². The van der Waals surface area contributed by atoms with E-state index >= 15 is 0 Å². The van der Waals surface area contributed by atoms with Gasteiger partial charge in [-0.05, 0) is 34.5 Å². The van der Waals surface area contributed by atoms with Crippen molar-refractivity contribution in [1.29, 1.82) is 0 Å². The van der Waals surface area contributed by atoms with Gasteiger partial charge in [0.1, 0.15) is 0 Å². The van der Waals surface area contributed by atoms with Crippen LogP contribution in [-0.2, 0) is 10.0 Å². The van der Waals surface area contributed by atoms with Crippen LogP contribution < -0.4 is 10.5 Å². The van der Waals surface area contributed by atoms with Crippen LogP contribution in [0.25, 0.3) is 0 Å². The highest BCUT2D eigenvalue weighted by molar-refractivity contribution is 9.10. The minimum Gasteiger partial charge on any atom is -0.329 e. The zero-order valence-electron chi connectivity index (χ0n) is 10.7. The van der Waals surface area contributed by atoms with Crippen LogP contribution in [0.5, 0.6) is 0 Å². The van der Waals surface area contributed by atoms with Crippen LogP contribution in [0.3, 0.4) is 0 Å². The van der Waals surface area contributed by atoms with Crippen LogP contribution in [0.4, 0.5) is 0 Å². The van der Waals surface area contributed by atoms with Crippen molar-refractivity contribution in [3.05, 3.63) is 27.7 Å². The van der Waals surface area contributed by atoms with Crippen LogP contribution >= 0.6 is 27.5 Å². The standard InChI is InChI=1S/C12H18BrClN2O2S/c1-2-3-5-9(8-15)16-19(17,18)11-7-4-6-10(14)12(11)13/h4,6-7,9,16H,2-3,5,8,15H2,1H3. The number of unbranched alkanes of at least 4 members (excludes halogenated alkanes) is 1. The molecule has 1 rings (SSSR count). The summed E-state index contributed by atoms with van der Waals surface area (Å²) in [6.45, 7) is 2.33. The van der Waals surface area contributed by atoms with Gasteiger partial charge in [-0.3, -0.25) is 0 Å². The lowest BCUT2D eigenvalue weighted by molar-refractivity contribution is 0.516. The van der Waals surface area contributed by atoms with E-state index in [1.54, 1.807) is 12.1 Å². The summed E-state index contributed by atoms with van der Waals surface area (Å²) in [6, 6.07) is 4.48. The summed E-state index contributed by atoms with van der Waals surface area (Å²) in [4.78, 5) is 0.134. The topological polar surface area (TPSA) is 72.2 Å². The zero-order chi connectivity index (χ0) is 14.5. The Balaban J connectivity index is 2.94. The van der Waals surface area contributed by atoms with Crippen LogP contribution in [-0.4, -0.2) is 21.0 Å². The van der Waals surface area contributed by atoms with Crippen molar-refractivity contribution in [3.8, 4) is 0 Å². The number of halogens is 2. The minimum atomic E-state index is -3.62. The van der Waals surface area contributed by atoms with Gasteiger partial charge in [0, 0.05) is 12.6 Å². The largest absolute Gasteiger partial charge is 0.329 e. The summed E-state index contributed by atoms with van der Waals surface area (Å²) in [7, 11) is -3.62. The SMILES string of the molecule is CCCCC(CN)NS(=O)(=O)c1cccc(Cl)c1Br. The quantitative estimate of drug-likeness (QED) is 0.776. The number of rotatable bonds is 7. The van der Waals surface area contributed by atoms with E-state index in [0.29, 0.717) is 9.50 Å². The van der Waals surface area contributed by atoms with Gasteiger partial charge in [0.25, 0.3) is 0 Å². The van der Waals surface area contributed by atoms with E-state index in [0.717, 1.165) is 19.3 Å². The van der Waals surface area contributed by atoms with Gasteiger partial charge in [-0.2, -0.15) is 0 Å². The lowest BCUT2D eigenvalue weighted by atomic mass is 10.1. The molecule has 0 amide bonds. The summed E-state index contributed by atoms with van der Waals surface area (Å²) in [5.74, 6) is 0. The van der Waals surface area contributed by atoms with E-state index in [4.69, 9.17) is 17.3 Å². The van der Waals surface area contributed by atoms with Gasteiger partial charge in [0.2, 0.25) is 10.0 Å². The molecule has 1 unspecified atom stereocenters. The number of benzene rings is 1. The molecule has 0 aliphatic heterocycles. The molecule has 0 aliphatic rings. The molecular weight excluding hydrogens is 352 g/mol. The van der Waals surface area contributed by atoms with Gasteiger partial charge in [0.15, 0.2) is 0 Å². The average Bonchev–Trinajstić information content (AvgIpc) is 2.37. The van der Waals surface area contributed by atoms with Crippen molar-refractivity contribution in [2.75, 3.05) is 6.54 Å². The summed E-state index contributed by atoms with van der Waals surface area (Å²) in [5.41, 5.74) is 5.60. The van der Waals surface area contributed by atoms with Crippen molar-refractivity contribution < 1.29 is 8.42 Å². The van der Waals surface area contributed by atoms with E-state index < -0.39 is 10.0 Å². The first kappa shape index (κ1) is 16.9. The lowest BCUT2D eigenvalue weighted by Crippen LogP contribution is -2.40. The fraction of sp³-hybridized carbons (Fsp3) is 0.500. The highest BCUT2D eigenvalue weighted by Gasteiger charge is 2.22. The van der Waals surface area contributed by atoms with E-state index in [2.05, 4.69) is 27.6 Å². The van der Waals surface area contributed by atoms with Crippen LogP contribution in [0.1, 0.15) is 26.2 Å². The molecule has 0 aliphatic carbocycles. The van der Waals surface area contributed by atoms with Crippen molar-refractivity contribution in [1.82, 2.24) is 4.72 Å². The van der Waals surface area contributed by atoms with Gasteiger partial charge >= 0.3 is 0 Å². The highest BCUT2D eigenvalue weighted by Crippen LogP contribution is 2.29. The summed E-state index contributed by atoms with van der Waals surface area (Å²) < 4.78 is 27.6. The molecule has 19 heavy (non-hydrogen) atoms. The fourth-order valence-electron chi connectivity index (χ4n) is 1.65. The molecule has 0 radical (unpaired) electrons. The Bertz CT molecular complexity index is 522. The van der Waals surface area contributed by atoms with Gasteiger partial charge in [-0.15, -0.1) is 0 Å². The summed E-state index contributed by atoms with van der Waals surface area (Å²) in [5, 5.41) is 0.362. The van der Waals surface area contributed by atoms with E-state index in [1.807, 2.05) is 0 Å². The molecule has 0 bridgehead atoms. The average molecular weight is 370 g/mol. The Morgan fingerprint density at radius 3 is 2.74 bits per heavy atom. The van der Waals surface area contributed by atoms with Gasteiger partial charge in [-0.1, -0.05) is 37.4 Å². The monoisotopic (exact) mass is 368 g/mol. The first-order valence-electron chi connectivity index (χ1n) is 6.08. The van der Waals surface area contributed by atoms with E-state index in [1.165, 1.54) is 6.07 Å². The first-order chi connectivity index (χ1) is 8.92.